The van der Waals surface area contributed by atoms with Gasteiger partial charge in [-0.05, 0) is 59.2 Å². The Bertz CT molecular complexity index is 1570. The highest BCUT2D eigenvalue weighted by Gasteiger charge is 2.38. The van der Waals surface area contributed by atoms with Gasteiger partial charge in [0.05, 0.1) is 32.2 Å². The van der Waals surface area contributed by atoms with Gasteiger partial charge in [0.2, 0.25) is 0 Å². The topological polar surface area (TPSA) is 168 Å². The molecule has 0 aromatic heterocycles. The highest BCUT2D eigenvalue weighted by atomic mass is 35.5. The summed E-state index contributed by atoms with van der Waals surface area (Å²) in [5.74, 6) is 0.331. The number of amides is 4. The monoisotopic (exact) mass is 694 g/mol. The minimum Gasteiger partial charge on any atom is -0.495 e. The number of halogens is 2. The Labute approximate surface area is 283 Å². The third-order valence-electron chi connectivity index (χ3n) is 6.28. The van der Waals surface area contributed by atoms with E-state index in [0.717, 1.165) is 9.80 Å². The minimum absolute atomic E-state index is 0.0547. The van der Waals surface area contributed by atoms with Crippen LogP contribution in [-0.4, -0.2) is 73.2 Å². The molecule has 4 N–H and O–H groups in total. The van der Waals surface area contributed by atoms with Crippen molar-refractivity contribution in [2.75, 3.05) is 43.5 Å². The molecule has 2 aromatic carbocycles. The van der Waals surface area contributed by atoms with Crippen LogP contribution in [0.2, 0.25) is 10.0 Å². The third-order valence-corrected chi connectivity index (χ3v) is 7.01. The van der Waals surface area contributed by atoms with Crippen LogP contribution < -0.4 is 30.3 Å². The number of carbonyl (C=O) groups is 3. The summed E-state index contributed by atoms with van der Waals surface area (Å²) < 4.78 is 21.9. The first-order valence-electron chi connectivity index (χ1n) is 14.3. The average Bonchev–Trinajstić information content (AvgIpc) is 2.98. The standard InChI is InChI=1S/C31H40Cl2N6O8/c1-30(2,3)46-28(42)38(19-11-10-17(15-40)12-18(19)34)23-14-22(35-16-36-23)37(7)27(41)39(29(43)47-31(4,5)6)26-24(32)20(44-8)13-21(45-9)25(26)33/h10-14,35,40H,15-16,34H2,1-9H3. The van der Waals surface area contributed by atoms with Crippen LogP contribution in [0.5, 0.6) is 11.5 Å². The van der Waals surface area contributed by atoms with Gasteiger partial charge >= 0.3 is 18.2 Å². The maximum absolute atomic E-state index is 14.2. The van der Waals surface area contributed by atoms with Crippen molar-refractivity contribution in [1.82, 2.24) is 10.2 Å². The van der Waals surface area contributed by atoms with Gasteiger partial charge in [0.25, 0.3) is 0 Å². The average molecular weight is 696 g/mol. The number of methoxy groups -OCH3 is 2. The van der Waals surface area contributed by atoms with E-state index in [4.69, 9.17) is 47.9 Å². The summed E-state index contributed by atoms with van der Waals surface area (Å²) in [6.07, 6.45) is -0.498. The molecule has 0 fully saturated rings. The number of nitrogens with two attached hydrogens (primary N) is 1. The molecule has 0 radical (unpaired) electrons. The highest BCUT2D eigenvalue weighted by molar-refractivity contribution is 6.43. The Hall–Kier alpha value is -4.40. The molecule has 2 aromatic rings. The van der Waals surface area contributed by atoms with Gasteiger partial charge in [-0.15, -0.1) is 0 Å². The van der Waals surface area contributed by atoms with Gasteiger partial charge in [-0.3, -0.25) is 4.90 Å². The van der Waals surface area contributed by atoms with E-state index < -0.39 is 29.4 Å². The molecule has 256 valence electrons. The van der Waals surface area contributed by atoms with Crippen LogP contribution in [-0.2, 0) is 16.1 Å². The number of hydrogen-bond acceptors (Lipinski definition) is 11. The van der Waals surface area contributed by atoms with Crippen LogP contribution >= 0.6 is 23.2 Å². The second-order valence-electron chi connectivity index (χ2n) is 12.2. The van der Waals surface area contributed by atoms with Gasteiger partial charge in [-0.2, -0.15) is 4.90 Å². The van der Waals surface area contributed by atoms with Crippen molar-refractivity contribution in [3.05, 3.63) is 51.8 Å². The number of aliphatic hydroxyl groups excluding tert-OH is 1. The molecule has 0 atom stereocenters. The summed E-state index contributed by atoms with van der Waals surface area (Å²) in [5.41, 5.74) is 5.06. The van der Waals surface area contributed by atoms with Gasteiger partial charge in [-0.25, -0.2) is 24.3 Å². The van der Waals surface area contributed by atoms with E-state index in [0.29, 0.717) is 10.5 Å². The molecular weight excluding hydrogens is 655 g/mol. The van der Waals surface area contributed by atoms with E-state index in [2.05, 4.69) is 10.3 Å². The largest absolute Gasteiger partial charge is 0.495 e. The predicted octanol–water partition coefficient (Wildman–Crippen LogP) is 6.12. The quantitative estimate of drug-likeness (QED) is 0.300. The lowest BCUT2D eigenvalue weighted by Gasteiger charge is -2.33. The van der Waals surface area contributed by atoms with Crippen LogP contribution in [0.3, 0.4) is 0 Å². The molecule has 4 amide bonds. The number of nitrogens with one attached hydrogen (secondary N) is 1. The van der Waals surface area contributed by atoms with E-state index >= 15 is 0 Å². The van der Waals surface area contributed by atoms with Gasteiger partial charge in [-0.1, -0.05) is 29.3 Å². The zero-order valence-corrected chi connectivity index (χ0v) is 29.2. The summed E-state index contributed by atoms with van der Waals surface area (Å²) in [4.78, 5) is 48.8. The van der Waals surface area contributed by atoms with Crippen molar-refractivity contribution in [3.8, 4) is 11.5 Å². The second kappa shape index (κ2) is 14.6. The van der Waals surface area contributed by atoms with E-state index in [9.17, 15) is 19.5 Å². The van der Waals surface area contributed by atoms with Gasteiger partial charge in [0, 0.05) is 19.2 Å². The molecule has 16 heteroatoms. The Kier molecular flexibility index (Phi) is 11.5. The number of benzene rings is 2. The van der Waals surface area contributed by atoms with E-state index in [1.165, 1.54) is 39.5 Å². The SMILES string of the molecule is COc1cc(OC)c(Cl)c(N(C(=O)OC(C)(C)C)C(=O)N(C)C2=CC(N(C(=O)OC(C)(C)C)c3ccc(CO)cc3N)=NCN2)c1Cl. The maximum Gasteiger partial charge on any atom is 0.423 e. The number of imide groups is 1. The fourth-order valence-corrected chi connectivity index (χ4v) is 4.86. The second-order valence-corrected chi connectivity index (χ2v) is 12.9. The Morgan fingerprint density at radius 1 is 0.957 bits per heavy atom. The summed E-state index contributed by atoms with van der Waals surface area (Å²) in [7, 11) is 4.08. The van der Waals surface area contributed by atoms with E-state index in [1.807, 2.05) is 0 Å². The predicted molar refractivity (Wildman–Crippen MR) is 180 cm³/mol. The fraction of sp³-hybridized carbons (Fsp3) is 0.419. The first-order valence-corrected chi connectivity index (χ1v) is 15.0. The molecule has 3 rings (SSSR count). The van der Waals surface area contributed by atoms with Gasteiger partial charge in [0.15, 0.2) is 0 Å². The molecule has 1 aliphatic heterocycles. The first-order chi connectivity index (χ1) is 21.8. The molecule has 0 spiro atoms. The summed E-state index contributed by atoms with van der Waals surface area (Å²) in [5, 5.41) is 12.2. The Morgan fingerprint density at radius 3 is 2.00 bits per heavy atom. The minimum atomic E-state index is -1.09. The molecule has 47 heavy (non-hydrogen) atoms. The summed E-state index contributed by atoms with van der Waals surface area (Å²) in [6.45, 7) is 9.64. The normalized spacial score (nSPS) is 13.0. The van der Waals surface area contributed by atoms with Crippen molar-refractivity contribution in [3.63, 3.8) is 0 Å². The van der Waals surface area contributed by atoms with Crippen molar-refractivity contribution in [2.24, 2.45) is 4.99 Å². The van der Waals surface area contributed by atoms with Crippen molar-refractivity contribution in [1.29, 1.82) is 0 Å². The van der Waals surface area contributed by atoms with Crippen molar-refractivity contribution >= 4 is 64.3 Å². The molecule has 1 heterocycles. The molecular formula is C31H40Cl2N6O8. The molecule has 0 aliphatic carbocycles. The number of aliphatic imine (C=N–C) groups is 1. The van der Waals surface area contributed by atoms with Crippen LogP contribution in [0.15, 0.2) is 41.2 Å². The van der Waals surface area contributed by atoms with Crippen LogP contribution in [0.25, 0.3) is 0 Å². The summed E-state index contributed by atoms with van der Waals surface area (Å²) >= 11 is 13.2. The molecule has 14 nitrogen and oxygen atoms in total. The number of amidine groups is 1. The maximum atomic E-state index is 14.2. The molecule has 1 aliphatic rings. The van der Waals surface area contributed by atoms with Crippen LogP contribution in [0.1, 0.15) is 47.1 Å². The number of nitrogens with zero attached hydrogens (tertiary/aromatic N) is 4. The number of urea groups is 1. The number of carbonyl (C=O) groups excluding carboxylic acids is 3. The lowest BCUT2D eigenvalue weighted by molar-refractivity contribution is 0.0582. The fourth-order valence-electron chi connectivity index (χ4n) is 4.19. The molecule has 0 saturated heterocycles. The number of hydrogen-bond donors (Lipinski definition) is 3. The first kappa shape index (κ1) is 37.1. The smallest absolute Gasteiger partial charge is 0.423 e. The molecule has 0 saturated carbocycles. The van der Waals surface area contributed by atoms with Crippen LogP contribution in [0, 0.1) is 0 Å². The van der Waals surface area contributed by atoms with Crippen molar-refractivity contribution in [2.45, 2.75) is 59.4 Å². The highest BCUT2D eigenvalue weighted by Crippen LogP contribution is 2.47. The third kappa shape index (κ3) is 8.70. The van der Waals surface area contributed by atoms with E-state index in [-0.39, 0.29) is 63.5 Å². The number of nitrogen functional groups attached to an aromatic ring is 1. The van der Waals surface area contributed by atoms with Gasteiger partial charge < -0.3 is 35.1 Å². The molecule has 0 unspecified atom stereocenters. The number of anilines is 3. The lowest BCUT2D eigenvalue weighted by Crippen LogP contribution is -2.50. The zero-order chi connectivity index (χ0) is 35.4. The van der Waals surface area contributed by atoms with Crippen molar-refractivity contribution < 1.29 is 38.4 Å². The Morgan fingerprint density at radius 2 is 1.51 bits per heavy atom. The van der Waals surface area contributed by atoms with E-state index in [1.54, 1.807) is 53.7 Å². The Balaban J connectivity index is 2.16. The lowest BCUT2D eigenvalue weighted by atomic mass is 10.1. The van der Waals surface area contributed by atoms with Crippen LogP contribution in [0.4, 0.5) is 31.4 Å². The number of ether oxygens (including phenoxy) is 4. The molecule has 0 bridgehead atoms. The number of aliphatic hydroxyl groups is 1. The zero-order valence-electron chi connectivity index (χ0n) is 27.7. The summed E-state index contributed by atoms with van der Waals surface area (Å²) in [6, 6.07) is 5.12. The van der Waals surface area contributed by atoms with Gasteiger partial charge in [0.1, 0.15) is 56.8 Å². The number of rotatable bonds is 6.